The Kier molecular flexibility index (Phi) is 4.11. The van der Waals surface area contributed by atoms with Gasteiger partial charge in [0.25, 0.3) is 0 Å². The van der Waals surface area contributed by atoms with E-state index in [0.717, 1.165) is 32.1 Å². The van der Waals surface area contributed by atoms with E-state index in [0.29, 0.717) is 18.3 Å². The lowest BCUT2D eigenvalue weighted by atomic mass is 10.0. The largest absolute Gasteiger partial charge is 0.372 e. The van der Waals surface area contributed by atoms with Crippen LogP contribution in [0.1, 0.15) is 59.3 Å². The molecule has 1 fully saturated rings. The molecule has 0 saturated carbocycles. The number of Topliss-reactive ketones (excluding diaryl/α,β-unsaturated/α-hetero) is 1. The average molecular weight is 198 g/mol. The zero-order chi connectivity index (χ0) is 10.6. The Hall–Kier alpha value is -0.370. The van der Waals surface area contributed by atoms with Gasteiger partial charge in [0.15, 0.2) is 0 Å². The Bertz CT molecular complexity index is 196. The molecule has 0 aliphatic carbocycles. The van der Waals surface area contributed by atoms with E-state index in [-0.39, 0.29) is 5.60 Å². The zero-order valence-corrected chi connectivity index (χ0v) is 9.64. The fourth-order valence-corrected chi connectivity index (χ4v) is 2.01. The monoisotopic (exact) mass is 198 g/mol. The molecule has 0 spiro atoms. The molecule has 1 aliphatic rings. The minimum atomic E-state index is 0.0401. The standard InChI is InChI=1S/C12H22O2/c1-4-5-10(13)6-7-11-8-9-12(2,3)14-11/h11H,4-9H2,1-3H3. The second-order valence-electron chi connectivity index (χ2n) is 4.87. The Balaban J connectivity index is 2.17. The lowest BCUT2D eigenvalue weighted by Crippen LogP contribution is -2.20. The first-order chi connectivity index (χ1) is 6.53. The molecule has 0 radical (unpaired) electrons. The molecule has 2 nitrogen and oxygen atoms in total. The molecule has 1 saturated heterocycles. The van der Waals surface area contributed by atoms with Gasteiger partial charge >= 0.3 is 0 Å². The number of carbonyl (C=O) groups excluding carboxylic acids is 1. The van der Waals surface area contributed by atoms with Gasteiger partial charge in [0, 0.05) is 12.8 Å². The van der Waals surface area contributed by atoms with Crippen LogP contribution in [0, 0.1) is 0 Å². The van der Waals surface area contributed by atoms with Crippen LogP contribution in [0.15, 0.2) is 0 Å². The Morgan fingerprint density at radius 3 is 2.64 bits per heavy atom. The summed E-state index contributed by atoms with van der Waals surface area (Å²) in [6.45, 7) is 6.30. The van der Waals surface area contributed by atoms with E-state index in [1.54, 1.807) is 0 Å². The summed E-state index contributed by atoms with van der Waals surface area (Å²) in [4.78, 5) is 11.3. The van der Waals surface area contributed by atoms with Crippen LogP contribution in [0.3, 0.4) is 0 Å². The van der Waals surface area contributed by atoms with Crippen LogP contribution < -0.4 is 0 Å². The van der Waals surface area contributed by atoms with Crippen molar-refractivity contribution in [3.8, 4) is 0 Å². The lowest BCUT2D eigenvalue weighted by molar-refractivity contribution is -0.120. The van der Waals surface area contributed by atoms with Crippen molar-refractivity contribution in [2.75, 3.05) is 0 Å². The van der Waals surface area contributed by atoms with Crippen LogP contribution in [0.5, 0.6) is 0 Å². The van der Waals surface area contributed by atoms with E-state index in [1.165, 1.54) is 0 Å². The summed E-state index contributed by atoms with van der Waals surface area (Å²) < 4.78 is 5.83. The summed E-state index contributed by atoms with van der Waals surface area (Å²) in [7, 11) is 0. The van der Waals surface area contributed by atoms with E-state index in [1.807, 2.05) is 6.92 Å². The Morgan fingerprint density at radius 2 is 2.14 bits per heavy atom. The van der Waals surface area contributed by atoms with Crippen LogP contribution in [-0.4, -0.2) is 17.5 Å². The molecule has 1 unspecified atom stereocenters. The highest BCUT2D eigenvalue weighted by atomic mass is 16.5. The highest BCUT2D eigenvalue weighted by Crippen LogP contribution is 2.31. The second kappa shape index (κ2) is 4.92. The highest BCUT2D eigenvalue weighted by Gasteiger charge is 2.31. The summed E-state index contributed by atoms with van der Waals surface area (Å²) in [6.07, 6.45) is 5.89. The maximum Gasteiger partial charge on any atom is 0.132 e. The summed E-state index contributed by atoms with van der Waals surface area (Å²) in [6, 6.07) is 0. The van der Waals surface area contributed by atoms with E-state index in [2.05, 4.69) is 13.8 Å². The van der Waals surface area contributed by atoms with E-state index in [9.17, 15) is 4.79 Å². The quantitative estimate of drug-likeness (QED) is 0.678. The van der Waals surface area contributed by atoms with Crippen LogP contribution in [0.25, 0.3) is 0 Å². The van der Waals surface area contributed by atoms with Crippen LogP contribution >= 0.6 is 0 Å². The molecule has 0 bridgehead atoms. The number of hydrogen-bond acceptors (Lipinski definition) is 2. The SMILES string of the molecule is CCCC(=O)CCC1CCC(C)(C)O1. The van der Waals surface area contributed by atoms with Crippen molar-refractivity contribution in [3.63, 3.8) is 0 Å². The van der Waals surface area contributed by atoms with Crippen LogP contribution in [0.4, 0.5) is 0 Å². The van der Waals surface area contributed by atoms with Crippen molar-refractivity contribution >= 4 is 5.78 Å². The van der Waals surface area contributed by atoms with Crippen molar-refractivity contribution in [1.82, 2.24) is 0 Å². The third-order valence-corrected chi connectivity index (χ3v) is 2.83. The molecule has 0 N–H and O–H groups in total. The molecule has 2 heteroatoms. The van der Waals surface area contributed by atoms with Gasteiger partial charge in [-0.2, -0.15) is 0 Å². The number of carbonyl (C=O) groups is 1. The van der Waals surface area contributed by atoms with Gasteiger partial charge in [-0.15, -0.1) is 0 Å². The van der Waals surface area contributed by atoms with E-state index >= 15 is 0 Å². The molecule has 1 rings (SSSR count). The minimum Gasteiger partial charge on any atom is -0.372 e. The van der Waals surface area contributed by atoms with Crippen molar-refractivity contribution in [2.45, 2.75) is 71.0 Å². The summed E-state index contributed by atoms with van der Waals surface area (Å²) in [5.41, 5.74) is 0.0401. The molecule has 82 valence electrons. The van der Waals surface area contributed by atoms with Gasteiger partial charge in [-0.05, 0) is 39.5 Å². The normalized spacial score (nSPS) is 25.2. The Labute approximate surface area is 87.0 Å². The molecule has 1 atom stereocenters. The van der Waals surface area contributed by atoms with Gasteiger partial charge in [-0.1, -0.05) is 6.92 Å². The molecule has 1 heterocycles. The fraction of sp³-hybridized carbons (Fsp3) is 0.917. The molecule has 14 heavy (non-hydrogen) atoms. The second-order valence-corrected chi connectivity index (χ2v) is 4.87. The first kappa shape index (κ1) is 11.7. The van der Waals surface area contributed by atoms with Crippen molar-refractivity contribution in [2.24, 2.45) is 0 Å². The molecular weight excluding hydrogens is 176 g/mol. The molecule has 0 aromatic heterocycles. The smallest absolute Gasteiger partial charge is 0.132 e. The van der Waals surface area contributed by atoms with Gasteiger partial charge < -0.3 is 4.74 Å². The first-order valence-electron chi connectivity index (χ1n) is 5.73. The topological polar surface area (TPSA) is 26.3 Å². The maximum atomic E-state index is 11.3. The van der Waals surface area contributed by atoms with Gasteiger partial charge in [0.05, 0.1) is 11.7 Å². The van der Waals surface area contributed by atoms with Gasteiger partial charge in [-0.25, -0.2) is 0 Å². The molecule has 1 aliphatic heterocycles. The van der Waals surface area contributed by atoms with Gasteiger partial charge in [-0.3, -0.25) is 4.79 Å². The zero-order valence-electron chi connectivity index (χ0n) is 9.64. The molecular formula is C12H22O2. The summed E-state index contributed by atoms with van der Waals surface area (Å²) >= 11 is 0. The summed E-state index contributed by atoms with van der Waals surface area (Å²) in [5, 5.41) is 0. The van der Waals surface area contributed by atoms with Gasteiger partial charge in [0.2, 0.25) is 0 Å². The van der Waals surface area contributed by atoms with E-state index < -0.39 is 0 Å². The number of rotatable bonds is 5. The number of ketones is 1. The number of ether oxygens (including phenoxy) is 1. The maximum absolute atomic E-state index is 11.3. The van der Waals surface area contributed by atoms with Crippen molar-refractivity contribution < 1.29 is 9.53 Å². The fourth-order valence-electron chi connectivity index (χ4n) is 2.01. The minimum absolute atomic E-state index is 0.0401. The third kappa shape index (κ3) is 3.79. The highest BCUT2D eigenvalue weighted by molar-refractivity contribution is 5.78. The lowest BCUT2D eigenvalue weighted by Gasteiger charge is -2.18. The molecule has 0 aromatic carbocycles. The molecule has 0 amide bonds. The summed E-state index contributed by atoms with van der Waals surface area (Å²) in [5.74, 6) is 0.390. The number of hydrogen-bond donors (Lipinski definition) is 0. The van der Waals surface area contributed by atoms with Crippen LogP contribution in [-0.2, 0) is 9.53 Å². The predicted octanol–water partition coefficient (Wildman–Crippen LogP) is 3.09. The van der Waals surface area contributed by atoms with Crippen LogP contribution in [0.2, 0.25) is 0 Å². The van der Waals surface area contributed by atoms with Crippen molar-refractivity contribution in [3.05, 3.63) is 0 Å². The third-order valence-electron chi connectivity index (χ3n) is 2.83. The first-order valence-corrected chi connectivity index (χ1v) is 5.73. The van der Waals surface area contributed by atoms with Crippen molar-refractivity contribution in [1.29, 1.82) is 0 Å². The van der Waals surface area contributed by atoms with Gasteiger partial charge in [0.1, 0.15) is 5.78 Å². The molecule has 0 aromatic rings. The Morgan fingerprint density at radius 1 is 1.43 bits per heavy atom. The van der Waals surface area contributed by atoms with E-state index in [4.69, 9.17) is 4.74 Å². The average Bonchev–Trinajstić information content (AvgIpc) is 2.43. The predicted molar refractivity (Wildman–Crippen MR) is 57.3 cm³/mol.